The summed E-state index contributed by atoms with van der Waals surface area (Å²) in [5.41, 5.74) is 6.56. The molecule has 0 saturated carbocycles. The summed E-state index contributed by atoms with van der Waals surface area (Å²) < 4.78 is 0. The minimum Gasteiger partial charge on any atom is -0.376 e. The Labute approximate surface area is 131 Å². The second kappa shape index (κ2) is 7.98. The number of carbonyl (C=O) groups is 1. The highest BCUT2D eigenvalue weighted by molar-refractivity contribution is 5.99. The zero-order valence-electron chi connectivity index (χ0n) is 13.0. The minimum absolute atomic E-state index is 0.173. The Balaban J connectivity index is 1.85. The predicted octanol–water partition coefficient (Wildman–Crippen LogP) is 3.20. The molecule has 0 aliphatic rings. The van der Waals surface area contributed by atoms with E-state index in [4.69, 9.17) is 0 Å². The lowest BCUT2D eigenvalue weighted by Gasteiger charge is -2.06. The van der Waals surface area contributed by atoms with Gasteiger partial charge in [0.25, 0.3) is 5.91 Å². The van der Waals surface area contributed by atoms with Crippen molar-refractivity contribution in [1.29, 1.82) is 0 Å². The molecule has 0 bridgehead atoms. The molecule has 0 aliphatic carbocycles. The molecular weight excluding hydrogens is 274 g/mol. The number of nitrogens with one attached hydrogen (secondary N) is 2. The molecule has 0 fully saturated rings. The van der Waals surface area contributed by atoms with E-state index >= 15 is 0 Å². The van der Waals surface area contributed by atoms with Gasteiger partial charge in [0.05, 0.1) is 12.3 Å². The van der Waals surface area contributed by atoms with Crippen LogP contribution in [0, 0.1) is 0 Å². The molecular formula is C18H21N3O. The number of aryl methyl sites for hydroxylation is 1. The van der Waals surface area contributed by atoms with E-state index in [0.29, 0.717) is 0 Å². The molecule has 0 unspecified atom stereocenters. The summed E-state index contributed by atoms with van der Waals surface area (Å²) in [6, 6.07) is 17.8. The number of carbonyl (C=O) groups excluding carboxylic acids is 1. The van der Waals surface area contributed by atoms with E-state index in [-0.39, 0.29) is 12.5 Å². The van der Waals surface area contributed by atoms with Crippen LogP contribution in [0.5, 0.6) is 0 Å². The standard InChI is InChI=1S/C18H21N3O/c1-3-15-9-11-16(12-10-15)14(2)20-21-18(22)13-19-17-7-5-4-6-8-17/h4-12,19H,3,13H2,1-2H3,(H,21,22). The minimum atomic E-state index is -0.173. The van der Waals surface area contributed by atoms with Crippen LogP contribution >= 0.6 is 0 Å². The third-order valence-electron chi connectivity index (χ3n) is 3.36. The van der Waals surface area contributed by atoms with E-state index in [1.54, 1.807) is 0 Å². The Morgan fingerprint density at radius 1 is 1.05 bits per heavy atom. The van der Waals surface area contributed by atoms with Crippen molar-refractivity contribution in [3.8, 4) is 0 Å². The van der Waals surface area contributed by atoms with Gasteiger partial charge in [-0.2, -0.15) is 5.10 Å². The van der Waals surface area contributed by atoms with Gasteiger partial charge < -0.3 is 5.32 Å². The molecule has 4 heteroatoms. The molecule has 0 aliphatic heterocycles. The summed E-state index contributed by atoms with van der Waals surface area (Å²) in [6.07, 6.45) is 1.01. The van der Waals surface area contributed by atoms with Crippen LogP contribution in [-0.4, -0.2) is 18.2 Å². The highest BCUT2D eigenvalue weighted by Gasteiger charge is 2.01. The number of hydrogen-bond donors (Lipinski definition) is 2. The van der Waals surface area contributed by atoms with Crippen molar-refractivity contribution >= 4 is 17.3 Å². The van der Waals surface area contributed by atoms with E-state index in [1.165, 1.54) is 5.56 Å². The maximum absolute atomic E-state index is 11.8. The Morgan fingerprint density at radius 2 is 1.73 bits per heavy atom. The lowest BCUT2D eigenvalue weighted by molar-refractivity contribution is -0.119. The number of benzene rings is 2. The van der Waals surface area contributed by atoms with Crippen LogP contribution in [0.2, 0.25) is 0 Å². The molecule has 0 spiro atoms. The summed E-state index contributed by atoms with van der Waals surface area (Å²) in [4.78, 5) is 11.8. The Hall–Kier alpha value is -2.62. The van der Waals surface area contributed by atoms with Crippen molar-refractivity contribution < 1.29 is 4.79 Å². The summed E-state index contributed by atoms with van der Waals surface area (Å²) in [6.45, 7) is 4.19. The first kappa shape index (κ1) is 15.8. The number of nitrogens with zero attached hydrogens (tertiary/aromatic N) is 1. The predicted molar refractivity (Wildman–Crippen MR) is 91.1 cm³/mol. The number of para-hydroxylation sites is 1. The number of rotatable bonds is 6. The zero-order chi connectivity index (χ0) is 15.8. The molecule has 2 rings (SSSR count). The van der Waals surface area contributed by atoms with Crippen LogP contribution < -0.4 is 10.7 Å². The summed E-state index contributed by atoms with van der Waals surface area (Å²) in [5, 5.41) is 7.18. The molecule has 0 radical (unpaired) electrons. The normalized spacial score (nSPS) is 11.1. The molecule has 0 atom stereocenters. The summed E-state index contributed by atoms with van der Waals surface area (Å²) in [7, 11) is 0. The molecule has 22 heavy (non-hydrogen) atoms. The topological polar surface area (TPSA) is 53.5 Å². The fourth-order valence-corrected chi connectivity index (χ4v) is 1.97. The van der Waals surface area contributed by atoms with Crippen molar-refractivity contribution in [2.75, 3.05) is 11.9 Å². The fraction of sp³-hybridized carbons (Fsp3) is 0.222. The van der Waals surface area contributed by atoms with Gasteiger partial charge in [0.2, 0.25) is 0 Å². The molecule has 114 valence electrons. The van der Waals surface area contributed by atoms with Gasteiger partial charge in [-0.3, -0.25) is 4.79 Å². The highest BCUT2D eigenvalue weighted by atomic mass is 16.2. The number of anilines is 1. The third kappa shape index (κ3) is 4.74. The van der Waals surface area contributed by atoms with Crippen LogP contribution in [0.25, 0.3) is 0 Å². The first-order chi connectivity index (χ1) is 10.7. The van der Waals surface area contributed by atoms with Crippen molar-refractivity contribution in [3.05, 3.63) is 65.7 Å². The molecule has 4 nitrogen and oxygen atoms in total. The quantitative estimate of drug-likeness (QED) is 0.635. The lowest BCUT2D eigenvalue weighted by atomic mass is 10.1. The molecule has 2 aromatic rings. The van der Waals surface area contributed by atoms with E-state index in [0.717, 1.165) is 23.4 Å². The Kier molecular flexibility index (Phi) is 5.72. The van der Waals surface area contributed by atoms with Crippen LogP contribution in [0.1, 0.15) is 25.0 Å². The van der Waals surface area contributed by atoms with Gasteiger partial charge in [-0.1, -0.05) is 49.4 Å². The second-order valence-electron chi connectivity index (χ2n) is 5.00. The van der Waals surface area contributed by atoms with E-state index in [9.17, 15) is 4.79 Å². The van der Waals surface area contributed by atoms with Crippen LogP contribution in [0.3, 0.4) is 0 Å². The fourth-order valence-electron chi connectivity index (χ4n) is 1.97. The van der Waals surface area contributed by atoms with Crippen LogP contribution in [0.4, 0.5) is 5.69 Å². The molecule has 1 amide bonds. The van der Waals surface area contributed by atoms with Gasteiger partial charge >= 0.3 is 0 Å². The van der Waals surface area contributed by atoms with Crippen molar-refractivity contribution in [1.82, 2.24) is 5.43 Å². The van der Waals surface area contributed by atoms with Crippen molar-refractivity contribution in [2.24, 2.45) is 5.10 Å². The SMILES string of the molecule is CCc1ccc(C(C)=NNC(=O)CNc2ccccc2)cc1. The van der Waals surface area contributed by atoms with E-state index in [1.807, 2.05) is 49.4 Å². The summed E-state index contributed by atoms with van der Waals surface area (Å²) >= 11 is 0. The van der Waals surface area contributed by atoms with Gasteiger partial charge in [-0.25, -0.2) is 5.43 Å². The first-order valence-corrected chi connectivity index (χ1v) is 7.40. The average Bonchev–Trinajstić information content (AvgIpc) is 2.58. The number of amides is 1. The smallest absolute Gasteiger partial charge is 0.259 e. The maximum atomic E-state index is 11.8. The van der Waals surface area contributed by atoms with E-state index in [2.05, 4.69) is 34.9 Å². The Bertz CT molecular complexity index is 633. The van der Waals surface area contributed by atoms with Crippen molar-refractivity contribution in [2.45, 2.75) is 20.3 Å². The largest absolute Gasteiger partial charge is 0.376 e. The molecule has 0 saturated heterocycles. The second-order valence-corrected chi connectivity index (χ2v) is 5.00. The van der Waals surface area contributed by atoms with Gasteiger partial charge in [0.15, 0.2) is 0 Å². The number of hydrogen-bond acceptors (Lipinski definition) is 3. The number of hydrazone groups is 1. The molecule has 0 aromatic heterocycles. The Morgan fingerprint density at radius 3 is 2.36 bits per heavy atom. The van der Waals surface area contributed by atoms with Gasteiger partial charge in [0.1, 0.15) is 0 Å². The zero-order valence-corrected chi connectivity index (χ0v) is 13.0. The molecule has 0 heterocycles. The van der Waals surface area contributed by atoms with Crippen molar-refractivity contribution in [3.63, 3.8) is 0 Å². The molecule has 2 N–H and O–H groups in total. The van der Waals surface area contributed by atoms with Crippen LogP contribution in [-0.2, 0) is 11.2 Å². The first-order valence-electron chi connectivity index (χ1n) is 7.40. The lowest BCUT2D eigenvalue weighted by Crippen LogP contribution is -2.26. The maximum Gasteiger partial charge on any atom is 0.259 e. The third-order valence-corrected chi connectivity index (χ3v) is 3.36. The molecule has 2 aromatic carbocycles. The van der Waals surface area contributed by atoms with Gasteiger partial charge in [0, 0.05) is 5.69 Å². The van der Waals surface area contributed by atoms with Gasteiger partial charge in [-0.05, 0) is 36.6 Å². The highest BCUT2D eigenvalue weighted by Crippen LogP contribution is 2.06. The summed E-state index contributed by atoms with van der Waals surface area (Å²) in [5.74, 6) is -0.173. The van der Waals surface area contributed by atoms with E-state index < -0.39 is 0 Å². The van der Waals surface area contributed by atoms with Crippen LogP contribution in [0.15, 0.2) is 59.7 Å². The van der Waals surface area contributed by atoms with Gasteiger partial charge in [-0.15, -0.1) is 0 Å². The average molecular weight is 295 g/mol. The monoisotopic (exact) mass is 295 g/mol.